The Balaban J connectivity index is 1.69. The number of methoxy groups -OCH3 is 1. The number of aryl methyl sites for hydroxylation is 1. The molecule has 0 saturated heterocycles. The molecule has 8 heteroatoms. The summed E-state index contributed by atoms with van der Waals surface area (Å²) < 4.78 is 7.24. The van der Waals surface area contributed by atoms with Crippen LogP contribution in [0.25, 0.3) is 11.0 Å². The second kappa shape index (κ2) is 8.13. The fourth-order valence-corrected chi connectivity index (χ4v) is 3.44. The number of amides is 2. The van der Waals surface area contributed by atoms with E-state index in [1.165, 1.54) is 25.8 Å². The molecule has 0 atom stereocenters. The zero-order chi connectivity index (χ0) is 19.4. The number of anilines is 2. The minimum Gasteiger partial charge on any atom is -0.495 e. The van der Waals surface area contributed by atoms with E-state index in [9.17, 15) is 9.59 Å². The molecule has 0 aliphatic heterocycles. The predicted molar refractivity (Wildman–Crippen MR) is 107 cm³/mol. The molecule has 0 saturated carbocycles. The molecule has 27 heavy (non-hydrogen) atoms. The van der Waals surface area contributed by atoms with Gasteiger partial charge < -0.3 is 19.9 Å². The van der Waals surface area contributed by atoms with Crippen molar-refractivity contribution in [3.05, 3.63) is 42.5 Å². The van der Waals surface area contributed by atoms with Crippen molar-refractivity contribution in [1.82, 2.24) is 9.55 Å². The Morgan fingerprint density at radius 2 is 1.96 bits per heavy atom. The van der Waals surface area contributed by atoms with Crippen LogP contribution in [-0.2, 0) is 16.6 Å². The molecular weight excluding hydrogens is 364 g/mol. The Hall–Kier alpha value is -3.00. The second-order valence-corrected chi connectivity index (χ2v) is 6.82. The van der Waals surface area contributed by atoms with Gasteiger partial charge in [0, 0.05) is 19.7 Å². The number of nitrogens with one attached hydrogen (secondary N) is 2. The summed E-state index contributed by atoms with van der Waals surface area (Å²) in [5.74, 6) is 0.343. The number of rotatable bonds is 6. The standard InChI is InChI=1S/C19H20N4O3S/c1-12(24)20-13-8-9-17(26-3)15(10-13)21-18(25)11-27-19-22-14-6-4-5-7-16(14)23(19)2/h4-10H,11H2,1-3H3,(H,20,24)(H,21,25). The van der Waals surface area contributed by atoms with Gasteiger partial charge in [0.1, 0.15) is 5.75 Å². The number of carbonyl (C=O) groups excluding carboxylic acids is 2. The average Bonchev–Trinajstić information content (AvgIpc) is 2.96. The van der Waals surface area contributed by atoms with Gasteiger partial charge in [-0.1, -0.05) is 23.9 Å². The highest BCUT2D eigenvalue weighted by Gasteiger charge is 2.13. The van der Waals surface area contributed by atoms with Gasteiger partial charge in [-0.2, -0.15) is 0 Å². The lowest BCUT2D eigenvalue weighted by Gasteiger charge is -2.12. The quantitative estimate of drug-likeness (QED) is 0.637. The molecule has 2 amide bonds. The van der Waals surface area contributed by atoms with Gasteiger partial charge in [-0.15, -0.1) is 0 Å². The van der Waals surface area contributed by atoms with Crippen molar-refractivity contribution in [3.8, 4) is 5.75 Å². The Labute approximate surface area is 161 Å². The lowest BCUT2D eigenvalue weighted by Crippen LogP contribution is -2.15. The van der Waals surface area contributed by atoms with Crippen molar-refractivity contribution in [2.45, 2.75) is 12.1 Å². The number of hydrogen-bond donors (Lipinski definition) is 2. The normalized spacial score (nSPS) is 10.6. The van der Waals surface area contributed by atoms with Crippen LogP contribution in [0.5, 0.6) is 5.75 Å². The number of imidazole rings is 1. The van der Waals surface area contributed by atoms with Gasteiger partial charge in [-0.25, -0.2) is 4.98 Å². The first kappa shape index (κ1) is 18.8. The molecule has 1 heterocycles. The van der Waals surface area contributed by atoms with Gasteiger partial charge in [0.25, 0.3) is 0 Å². The van der Waals surface area contributed by atoms with Crippen LogP contribution in [0, 0.1) is 0 Å². The summed E-state index contributed by atoms with van der Waals surface area (Å²) >= 11 is 1.36. The van der Waals surface area contributed by atoms with Crippen molar-refractivity contribution in [2.24, 2.45) is 7.05 Å². The van der Waals surface area contributed by atoms with Gasteiger partial charge >= 0.3 is 0 Å². The molecular formula is C19H20N4O3S. The van der Waals surface area contributed by atoms with Crippen LogP contribution in [-0.4, -0.2) is 34.2 Å². The van der Waals surface area contributed by atoms with Crippen molar-refractivity contribution in [2.75, 3.05) is 23.5 Å². The summed E-state index contributed by atoms with van der Waals surface area (Å²) in [5.41, 5.74) is 3.00. The highest BCUT2D eigenvalue weighted by atomic mass is 32.2. The highest BCUT2D eigenvalue weighted by molar-refractivity contribution is 7.99. The van der Waals surface area contributed by atoms with E-state index in [2.05, 4.69) is 15.6 Å². The maximum absolute atomic E-state index is 12.4. The molecule has 0 bridgehead atoms. The molecule has 2 N–H and O–H groups in total. The second-order valence-electron chi connectivity index (χ2n) is 5.88. The fraction of sp³-hybridized carbons (Fsp3) is 0.211. The first-order valence-corrected chi connectivity index (χ1v) is 9.26. The first-order valence-electron chi connectivity index (χ1n) is 8.27. The van der Waals surface area contributed by atoms with Crippen LogP contribution in [0.3, 0.4) is 0 Å². The number of carbonyl (C=O) groups is 2. The molecule has 7 nitrogen and oxygen atoms in total. The third-order valence-electron chi connectivity index (χ3n) is 3.87. The van der Waals surface area contributed by atoms with E-state index in [0.29, 0.717) is 17.1 Å². The van der Waals surface area contributed by atoms with Gasteiger partial charge in [0.05, 0.1) is 29.6 Å². The molecule has 1 aromatic heterocycles. The van der Waals surface area contributed by atoms with E-state index in [-0.39, 0.29) is 17.6 Å². The van der Waals surface area contributed by atoms with Gasteiger partial charge in [-0.05, 0) is 30.3 Å². The molecule has 2 aromatic carbocycles. The number of fused-ring (bicyclic) bond motifs is 1. The largest absolute Gasteiger partial charge is 0.495 e. The van der Waals surface area contributed by atoms with Crippen LogP contribution in [0.1, 0.15) is 6.92 Å². The smallest absolute Gasteiger partial charge is 0.234 e. The number of nitrogens with zero attached hydrogens (tertiary/aromatic N) is 2. The molecule has 0 radical (unpaired) electrons. The Kier molecular flexibility index (Phi) is 5.66. The van der Waals surface area contributed by atoms with E-state index < -0.39 is 0 Å². The third kappa shape index (κ3) is 4.40. The van der Waals surface area contributed by atoms with Crippen LogP contribution in [0.4, 0.5) is 11.4 Å². The minimum absolute atomic E-state index is 0.185. The minimum atomic E-state index is -0.190. The molecule has 0 aliphatic carbocycles. The summed E-state index contributed by atoms with van der Waals surface area (Å²) in [6.45, 7) is 1.43. The van der Waals surface area contributed by atoms with E-state index >= 15 is 0 Å². The Morgan fingerprint density at radius 3 is 2.67 bits per heavy atom. The summed E-state index contributed by atoms with van der Waals surface area (Å²) in [6.07, 6.45) is 0. The summed E-state index contributed by atoms with van der Waals surface area (Å²) in [6, 6.07) is 12.9. The Morgan fingerprint density at radius 1 is 1.19 bits per heavy atom. The molecule has 3 rings (SSSR count). The first-order chi connectivity index (χ1) is 13.0. The van der Waals surface area contributed by atoms with Crippen molar-refractivity contribution < 1.29 is 14.3 Å². The number of aromatic nitrogens is 2. The number of thioether (sulfide) groups is 1. The summed E-state index contributed by atoms with van der Waals surface area (Å²) in [5, 5.41) is 6.28. The SMILES string of the molecule is COc1ccc(NC(C)=O)cc1NC(=O)CSc1nc2ccccc2n1C. The van der Waals surface area contributed by atoms with Gasteiger partial charge in [-0.3, -0.25) is 9.59 Å². The van der Waals surface area contributed by atoms with Crippen molar-refractivity contribution in [3.63, 3.8) is 0 Å². The number of ether oxygens (including phenoxy) is 1. The summed E-state index contributed by atoms with van der Waals surface area (Å²) in [4.78, 5) is 28.2. The lowest BCUT2D eigenvalue weighted by atomic mass is 10.2. The predicted octanol–water partition coefficient (Wildman–Crippen LogP) is 3.27. The fourth-order valence-electron chi connectivity index (χ4n) is 2.66. The van der Waals surface area contributed by atoms with Gasteiger partial charge in [0.15, 0.2) is 5.16 Å². The molecule has 0 unspecified atom stereocenters. The van der Waals surface area contributed by atoms with Crippen LogP contribution in [0.15, 0.2) is 47.6 Å². The molecule has 0 aliphatic rings. The van der Waals surface area contributed by atoms with E-state index in [1.54, 1.807) is 18.2 Å². The third-order valence-corrected chi connectivity index (χ3v) is 4.90. The number of hydrogen-bond acceptors (Lipinski definition) is 5. The van der Waals surface area contributed by atoms with E-state index in [1.807, 2.05) is 35.9 Å². The van der Waals surface area contributed by atoms with Crippen molar-refractivity contribution >= 4 is 46.0 Å². The zero-order valence-electron chi connectivity index (χ0n) is 15.3. The number of benzene rings is 2. The van der Waals surface area contributed by atoms with Gasteiger partial charge in [0.2, 0.25) is 11.8 Å². The van der Waals surface area contributed by atoms with E-state index in [4.69, 9.17) is 4.74 Å². The average molecular weight is 384 g/mol. The summed E-state index contributed by atoms with van der Waals surface area (Å²) in [7, 11) is 3.45. The van der Waals surface area contributed by atoms with Crippen LogP contribution in [0.2, 0.25) is 0 Å². The highest BCUT2D eigenvalue weighted by Crippen LogP contribution is 2.28. The molecule has 140 valence electrons. The molecule has 3 aromatic rings. The molecule has 0 fully saturated rings. The van der Waals surface area contributed by atoms with Crippen LogP contribution >= 0.6 is 11.8 Å². The van der Waals surface area contributed by atoms with E-state index in [0.717, 1.165) is 16.2 Å². The van der Waals surface area contributed by atoms with Crippen molar-refractivity contribution in [1.29, 1.82) is 0 Å². The lowest BCUT2D eigenvalue weighted by molar-refractivity contribution is -0.114. The Bertz CT molecular complexity index is 1000. The maximum Gasteiger partial charge on any atom is 0.234 e. The maximum atomic E-state index is 12.4. The topological polar surface area (TPSA) is 85.2 Å². The monoisotopic (exact) mass is 384 g/mol. The van der Waals surface area contributed by atoms with Crippen LogP contribution < -0.4 is 15.4 Å². The molecule has 0 spiro atoms. The number of para-hydroxylation sites is 2. The zero-order valence-corrected chi connectivity index (χ0v) is 16.1.